The van der Waals surface area contributed by atoms with Gasteiger partial charge in [-0.05, 0) is 31.5 Å². The van der Waals surface area contributed by atoms with E-state index in [0.29, 0.717) is 17.2 Å². The largest absolute Gasteiger partial charge is 0.451 e. The number of nitrogens with zero attached hydrogens (tertiary/aromatic N) is 1. The van der Waals surface area contributed by atoms with Crippen LogP contribution in [0, 0.1) is 13.8 Å². The summed E-state index contributed by atoms with van der Waals surface area (Å²) in [7, 11) is 0. The summed E-state index contributed by atoms with van der Waals surface area (Å²) in [5, 5.41) is 3.74. The molecule has 100 valence electrons. The van der Waals surface area contributed by atoms with Gasteiger partial charge in [-0.2, -0.15) is 0 Å². The molecule has 4 heteroatoms. The molecule has 0 bridgehead atoms. The van der Waals surface area contributed by atoms with Crippen LogP contribution in [-0.2, 0) is 0 Å². The van der Waals surface area contributed by atoms with Crippen molar-refractivity contribution in [3.63, 3.8) is 0 Å². The molecule has 0 radical (unpaired) electrons. The number of aryl methyl sites for hydroxylation is 2. The molecule has 0 saturated heterocycles. The SMILES string of the molecule is Cc1cccnc1NC(=O)c1oc2ccccc2c1C. The van der Waals surface area contributed by atoms with E-state index >= 15 is 0 Å². The normalized spacial score (nSPS) is 10.7. The van der Waals surface area contributed by atoms with Gasteiger partial charge in [-0.25, -0.2) is 4.98 Å². The van der Waals surface area contributed by atoms with E-state index < -0.39 is 0 Å². The number of aromatic nitrogens is 1. The Kier molecular flexibility index (Phi) is 2.99. The highest BCUT2D eigenvalue weighted by atomic mass is 16.3. The van der Waals surface area contributed by atoms with Gasteiger partial charge in [0, 0.05) is 17.1 Å². The highest BCUT2D eigenvalue weighted by Gasteiger charge is 2.18. The number of carbonyl (C=O) groups is 1. The lowest BCUT2D eigenvalue weighted by Gasteiger charge is -2.05. The van der Waals surface area contributed by atoms with Crippen LogP contribution < -0.4 is 5.32 Å². The predicted octanol–water partition coefficient (Wildman–Crippen LogP) is 3.70. The number of furan rings is 1. The molecule has 2 aromatic heterocycles. The molecular weight excluding hydrogens is 252 g/mol. The molecule has 0 aliphatic heterocycles. The minimum absolute atomic E-state index is 0.277. The van der Waals surface area contributed by atoms with E-state index in [1.54, 1.807) is 6.20 Å². The van der Waals surface area contributed by atoms with Crippen LogP contribution in [0.5, 0.6) is 0 Å². The third-order valence-electron chi connectivity index (χ3n) is 3.29. The molecule has 3 aromatic rings. The van der Waals surface area contributed by atoms with Gasteiger partial charge in [-0.3, -0.25) is 4.79 Å². The number of amides is 1. The van der Waals surface area contributed by atoms with Crippen LogP contribution in [0.15, 0.2) is 47.0 Å². The zero-order chi connectivity index (χ0) is 14.1. The summed E-state index contributed by atoms with van der Waals surface area (Å²) in [6.45, 7) is 3.78. The Labute approximate surface area is 116 Å². The second-order valence-corrected chi connectivity index (χ2v) is 4.68. The molecule has 0 atom stereocenters. The van der Waals surface area contributed by atoms with Crippen LogP contribution in [0.1, 0.15) is 21.7 Å². The standard InChI is InChI=1S/C16H14N2O2/c1-10-6-5-9-17-15(10)18-16(19)14-11(2)12-7-3-4-8-13(12)20-14/h3-9H,1-2H3,(H,17,18,19). The van der Waals surface area contributed by atoms with Gasteiger partial charge in [-0.15, -0.1) is 0 Å². The van der Waals surface area contributed by atoms with Crippen LogP contribution >= 0.6 is 0 Å². The first-order valence-electron chi connectivity index (χ1n) is 6.38. The Morgan fingerprint density at radius 1 is 1.15 bits per heavy atom. The van der Waals surface area contributed by atoms with Crippen LogP contribution in [0.25, 0.3) is 11.0 Å². The van der Waals surface area contributed by atoms with Gasteiger partial charge in [0.15, 0.2) is 5.76 Å². The molecule has 0 spiro atoms. The Hall–Kier alpha value is -2.62. The number of pyridine rings is 1. The smallest absolute Gasteiger partial charge is 0.292 e. The second kappa shape index (κ2) is 4.81. The maximum absolute atomic E-state index is 12.3. The van der Waals surface area contributed by atoms with Crippen molar-refractivity contribution in [3.8, 4) is 0 Å². The molecule has 0 aliphatic rings. The molecule has 2 heterocycles. The molecule has 20 heavy (non-hydrogen) atoms. The number of anilines is 1. The number of para-hydroxylation sites is 1. The molecule has 0 unspecified atom stereocenters. The predicted molar refractivity (Wildman–Crippen MR) is 77.9 cm³/mol. The van der Waals surface area contributed by atoms with Gasteiger partial charge in [0.2, 0.25) is 0 Å². The van der Waals surface area contributed by atoms with Crippen molar-refractivity contribution in [1.29, 1.82) is 0 Å². The van der Waals surface area contributed by atoms with Crippen molar-refractivity contribution in [2.75, 3.05) is 5.32 Å². The third kappa shape index (κ3) is 2.05. The van der Waals surface area contributed by atoms with Crippen molar-refractivity contribution in [2.24, 2.45) is 0 Å². The van der Waals surface area contributed by atoms with Gasteiger partial charge in [0.25, 0.3) is 5.91 Å². The Balaban J connectivity index is 1.97. The van der Waals surface area contributed by atoms with Crippen molar-refractivity contribution in [2.45, 2.75) is 13.8 Å². The highest BCUT2D eigenvalue weighted by Crippen LogP contribution is 2.25. The van der Waals surface area contributed by atoms with Crippen molar-refractivity contribution in [1.82, 2.24) is 4.98 Å². The minimum Gasteiger partial charge on any atom is -0.451 e. The van der Waals surface area contributed by atoms with Gasteiger partial charge >= 0.3 is 0 Å². The van der Waals surface area contributed by atoms with E-state index in [1.165, 1.54) is 0 Å². The Morgan fingerprint density at radius 2 is 1.95 bits per heavy atom. The average Bonchev–Trinajstić information content (AvgIpc) is 2.79. The fraction of sp³-hybridized carbons (Fsp3) is 0.125. The van der Waals surface area contributed by atoms with Crippen LogP contribution in [-0.4, -0.2) is 10.9 Å². The zero-order valence-corrected chi connectivity index (χ0v) is 11.3. The highest BCUT2D eigenvalue weighted by molar-refractivity contribution is 6.06. The third-order valence-corrected chi connectivity index (χ3v) is 3.29. The summed E-state index contributed by atoms with van der Waals surface area (Å²) in [4.78, 5) is 16.5. The second-order valence-electron chi connectivity index (χ2n) is 4.68. The first kappa shape index (κ1) is 12.4. The van der Waals surface area contributed by atoms with Crippen molar-refractivity contribution < 1.29 is 9.21 Å². The number of carbonyl (C=O) groups excluding carboxylic acids is 1. The molecular formula is C16H14N2O2. The maximum Gasteiger partial charge on any atom is 0.292 e. The molecule has 0 aliphatic carbocycles. The van der Waals surface area contributed by atoms with E-state index in [4.69, 9.17) is 4.42 Å². The number of benzene rings is 1. The fourth-order valence-corrected chi connectivity index (χ4v) is 2.17. The van der Waals surface area contributed by atoms with Gasteiger partial charge in [-0.1, -0.05) is 24.3 Å². The number of rotatable bonds is 2. The molecule has 0 saturated carbocycles. The lowest BCUT2D eigenvalue weighted by Crippen LogP contribution is -2.14. The summed E-state index contributed by atoms with van der Waals surface area (Å²) in [6.07, 6.45) is 1.65. The van der Waals surface area contributed by atoms with Crippen LogP contribution in [0.3, 0.4) is 0 Å². The molecule has 1 aromatic carbocycles. The van der Waals surface area contributed by atoms with Gasteiger partial charge in [0.05, 0.1) is 0 Å². The first-order chi connectivity index (χ1) is 9.66. The molecule has 0 fully saturated rings. The van der Waals surface area contributed by atoms with Crippen LogP contribution in [0.2, 0.25) is 0 Å². The number of hydrogen-bond acceptors (Lipinski definition) is 3. The maximum atomic E-state index is 12.3. The monoisotopic (exact) mass is 266 g/mol. The molecule has 3 rings (SSSR count). The zero-order valence-electron chi connectivity index (χ0n) is 11.3. The van der Waals surface area contributed by atoms with E-state index in [1.807, 2.05) is 50.2 Å². The lowest BCUT2D eigenvalue weighted by molar-refractivity contribution is 0.0997. The lowest BCUT2D eigenvalue weighted by atomic mass is 10.1. The van der Waals surface area contributed by atoms with E-state index in [0.717, 1.165) is 16.5 Å². The summed E-state index contributed by atoms with van der Waals surface area (Å²) in [6, 6.07) is 11.3. The molecule has 4 nitrogen and oxygen atoms in total. The number of nitrogens with one attached hydrogen (secondary N) is 1. The molecule has 1 amide bonds. The van der Waals surface area contributed by atoms with Crippen molar-refractivity contribution >= 4 is 22.7 Å². The fourth-order valence-electron chi connectivity index (χ4n) is 2.17. The van der Waals surface area contributed by atoms with E-state index in [-0.39, 0.29) is 5.91 Å². The minimum atomic E-state index is -0.277. The number of fused-ring (bicyclic) bond motifs is 1. The summed E-state index contributed by atoms with van der Waals surface area (Å²) in [5.41, 5.74) is 2.47. The summed E-state index contributed by atoms with van der Waals surface area (Å²) < 4.78 is 5.63. The van der Waals surface area contributed by atoms with Crippen molar-refractivity contribution in [3.05, 3.63) is 59.5 Å². The molecule has 1 N–H and O–H groups in total. The van der Waals surface area contributed by atoms with Gasteiger partial charge < -0.3 is 9.73 Å². The first-order valence-corrected chi connectivity index (χ1v) is 6.38. The topological polar surface area (TPSA) is 55.1 Å². The quantitative estimate of drug-likeness (QED) is 0.769. The Morgan fingerprint density at radius 3 is 2.70 bits per heavy atom. The van der Waals surface area contributed by atoms with Gasteiger partial charge in [0.1, 0.15) is 11.4 Å². The average molecular weight is 266 g/mol. The Bertz CT molecular complexity index is 790. The summed E-state index contributed by atoms with van der Waals surface area (Å²) >= 11 is 0. The summed E-state index contributed by atoms with van der Waals surface area (Å²) in [5.74, 6) is 0.606. The van der Waals surface area contributed by atoms with E-state index in [2.05, 4.69) is 10.3 Å². The number of hydrogen-bond donors (Lipinski definition) is 1. The van der Waals surface area contributed by atoms with E-state index in [9.17, 15) is 4.79 Å². The van der Waals surface area contributed by atoms with Crippen LogP contribution in [0.4, 0.5) is 5.82 Å².